The summed E-state index contributed by atoms with van der Waals surface area (Å²) in [7, 11) is 0. The van der Waals surface area contributed by atoms with Gasteiger partial charge in [0.05, 0.1) is 18.8 Å². The molecule has 20 heavy (non-hydrogen) atoms. The van der Waals surface area contributed by atoms with Gasteiger partial charge in [-0.1, -0.05) is 0 Å². The number of ether oxygens (including phenoxy) is 2. The van der Waals surface area contributed by atoms with Crippen molar-refractivity contribution in [2.24, 2.45) is 0 Å². The van der Waals surface area contributed by atoms with E-state index in [9.17, 15) is 4.79 Å². The molecule has 112 valence electrons. The van der Waals surface area contributed by atoms with Gasteiger partial charge in [-0.3, -0.25) is 4.79 Å². The molecular formula is C14H21BrN2O3. The first-order chi connectivity index (χ1) is 9.69. The molecule has 0 aliphatic carbocycles. The lowest BCUT2D eigenvalue weighted by atomic mass is 10.2. The standard InChI is InChI=1S/C14H21BrN2O3/c1-3-19-9-7-17(8-10-20-4-2)14(18)12-5-6-13(15)16-11-12/h5-6,11H,3-4,7-10H2,1-2H3. The zero-order valence-electron chi connectivity index (χ0n) is 12.0. The van der Waals surface area contributed by atoms with Crippen LogP contribution in [0.5, 0.6) is 0 Å². The van der Waals surface area contributed by atoms with E-state index < -0.39 is 0 Å². The number of hydrogen-bond donors (Lipinski definition) is 0. The fourth-order valence-electron chi connectivity index (χ4n) is 1.64. The van der Waals surface area contributed by atoms with Crippen molar-refractivity contribution in [3.05, 3.63) is 28.5 Å². The van der Waals surface area contributed by atoms with E-state index in [1.54, 1.807) is 23.2 Å². The first-order valence-electron chi connectivity index (χ1n) is 6.75. The van der Waals surface area contributed by atoms with Crippen molar-refractivity contribution < 1.29 is 14.3 Å². The SMILES string of the molecule is CCOCCN(CCOCC)C(=O)c1ccc(Br)nc1. The Bertz CT molecular complexity index is 388. The highest BCUT2D eigenvalue weighted by Gasteiger charge is 2.15. The normalized spacial score (nSPS) is 10.6. The molecule has 6 heteroatoms. The second-order valence-corrected chi connectivity index (χ2v) is 4.87. The number of pyridine rings is 1. The van der Waals surface area contributed by atoms with Crippen molar-refractivity contribution in [3.63, 3.8) is 0 Å². The van der Waals surface area contributed by atoms with Crippen LogP contribution in [-0.4, -0.2) is 55.3 Å². The predicted octanol–water partition coefficient (Wildman–Crippen LogP) is 2.36. The van der Waals surface area contributed by atoms with Crippen molar-refractivity contribution in [1.82, 2.24) is 9.88 Å². The van der Waals surface area contributed by atoms with E-state index in [-0.39, 0.29) is 5.91 Å². The molecule has 5 nitrogen and oxygen atoms in total. The summed E-state index contributed by atoms with van der Waals surface area (Å²) >= 11 is 3.26. The number of rotatable bonds is 9. The molecule has 1 heterocycles. The summed E-state index contributed by atoms with van der Waals surface area (Å²) in [5.41, 5.74) is 0.571. The van der Waals surface area contributed by atoms with Gasteiger partial charge in [-0.25, -0.2) is 4.98 Å². The number of nitrogens with zero attached hydrogens (tertiary/aromatic N) is 2. The molecule has 0 saturated carbocycles. The number of halogens is 1. The van der Waals surface area contributed by atoms with Gasteiger partial charge in [0.1, 0.15) is 4.60 Å². The van der Waals surface area contributed by atoms with Crippen LogP contribution in [0.3, 0.4) is 0 Å². The van der Waals surface area contributed by atoms with Crippen molar-refractivity contribution in [3.8, 4) is 0 Å². The molecule has 0 atom stereocenters. The van der Waals surface area contributed by atoms with Gasteiger partial charge >= 0.3 is 0 Å². The fourth-order valence-corrected chi connectivity index (χ4v) is 1.87. The summed E-state index contributed by atoms with van der Waals surface area (Å²) in [4.78, 5) is 18.2. The Kier molecular flexibility index (Phi) is 8.41. The predicted molar refractivity (Wildman–Crippen MR) is 80.8 cm³/mol. The molecule has 0 radical (unpaired) electrons. The summed E-state index contributed by atoms with van der Waals surface area (Å²) in [6, 6.07) is 3.52. The van der Waals surface area contributed by atoms with Crippen LogP contribution in [0.4, 0.5) is 0 Å². The van der Waals surface area contributed by atoms with Crippen LogP contribution in [0.1, 0.15) is 24.2 Å². The molecule has 0 N–H and O–H groups in total. The molecule has 0 bridgehead atoms. The topological polar surface area (TPSA) is 51.7 Å². The second kappa shape index (κ2) is 9.85. The average molecular weight is 345 g/mol. The molecule has 1 aromatic heterocycles. The van der Waals surface area contributed by atoms with Crippen LogP contribution in [0.2, 0.25) is 0 Å². The smallest absolute Gasteiger partial charge is 0.255 e. The van der Waals surface area contributed by atoms with Crippen LogP contribution in [-0.2, 0) is 9.47 Å². The number of hydrogen-bond acceptors (Lipinski definition) is 4. The van der Waals surface area contributed by atoms with Gasteiger partial charge in [-0.15, -0.1) is 0 Å². The first kappa shape index (κ1) is 17.1. The molecule has 1 amide bonds. The highest BCUT2D eigenvalue weighted by molar-refractivity contribution is 9.10. The average Bonchev–Trinajstić information content (AvgIpc) is 2.46. The van der Waals surface area contributed by atoms with E-state index in [2.05, 4.69) is 20.9 Å². The third kappa shape index (κ3) is 5.98. The lowest BCUT2D eigenvalue weighted by Gasteiger charge is -2.22. The maximum atomic E-state index is 12.4. The fraction of sp³-hybridized carbons (Fsp3) is 0.571. The number of amides is 1. The Morgan fingerprint density at radius 3 is 2.25 bits per heavy atom. The lowest BCUT2D eigenvalue weighted by Crippen LogP contribution is -2.36. The van der Waals surface area contributed by atoms with Gasteiger partial charge in [0.2, 0.25) is 0 Å². The molecule has 0 spiro atoms. The molecule has 0 fully saturated rings. The van der Waals surface area contributed by atoms with E-state index in [0.717, 1.165) is 0 Å². The number of carbonyl (C=O) groups is 1. The quantitative estimate of drug-likeness (QED) is 0.509. The summed E-state index contributed by atoms with van der Waals surface area (Å²) < 4.78 is 11.3. The molecule has 1 aromatic rings. The highest BCUT2D eigenvalue weighted by Crippen LogP contribution is 2.09. The van der Waals surface area contributed by atoms with Crippen LogP contribution in [0, 0.1) is 0 Å². The molecule has 0 aromatic carbocycles. The van der Waals surface area contributed by atoms with Crippen molar-refractivity contribution in [2.45, 2.75) is 13.8 Å². The Labute approximate surface area is 128 Å². The van der Waals surface area contributed by atoms with Gasteiger partial charge in [0.15, 0.2) is 0 Å². The number of aromatic nitrogens is 1. The lowest BCUT2D eigenvalue weighted by molar-refractivity contribution is 0.0549. The molecule has 0 unspecified atom stereocenters. The van der Waals surface area contributed by atoms with E-state index in [4.69, 9.17) is 9.47 Å². The van der Waals surface area contributed by atoms with Crippen molar-refractivity contribution >= 4 is 21.8 Å². The minimum atomic E-state index is -0.0515. The Morgan fingerprint density at radius 2 is 1.80 bits per heavy atom. The monoisotopic (exact) mass is 344 g/mol. The third-order valence-electron chi connectivity index (χ3n) is 2.68. The summed E-state index contributed by atoms with van der Waals surface area (Å²) in [5.74, 6) is -0.0515. The molecule has 0 saturated heterocycles. The molecule has 0 aliphatic rings. The van der Waals surface area contributed by atoms with Crippen LogP contribution >= 0.6 is 15.9 Å². The van der Waals surface area contributed by atoms with E-state index in [1.807, 2.05) is 13.8 Å². The molecule has 0 aliphatic heterocycles. The minimum absolute atomic E-state index is 0.0515. The Morgan fingerprint density at radius 1 is 1.20 bits per heavy atom. The Hall–Kier alpha value is -0.980. The zero-order valence-corrected chi connectivity index (χ0v) is 13.6. The van der Waals surface area contributed by atoms with Gasteiger partial charge in [-0.05, 0) is 41.9 Å². The largest absolute Gasteiger partial charge is 0.380 e. The Balaban J connectivity index is 2.63. The minimum Gasteiger partial charge on any atom is -0.380 e. The van der Waals surface area contributed by atoms with Crippen molar-refractivity contribution in [2.75, 3.05) is 39.5 Å². The van der Waals surface area contributed by atoms with Crippen molar-refractivity contribution in [1.29, 1.82) is 0 Å². The van der Waals surface area contributed by atoms with Gasteiger partial charge in [0, 0.05) is 32.5 Å². The van der Waals surface area contributed by atoms with E-state index >= 15 is 0 Å². The summed E-state index contributed by atoms with van der Waals surface area (Å²) in [6.45, 7) is 7.32. The molecular weight excluding hydrogens is 324 g/mol. The summed E-state index contributed by atoms with van der Waals surface area (Å²) in [6.07, 6.45) is 1.57. The first-order valence-corrected chi connectivity index (χ1v) is 7.54. The van der Waals surface area contributed by atoms with Gasteiger partial charge in [-0.2, -0.15) is 0 Å². The maximum Gasteiger partial charge on any atom is 0.255 e. The van der Waals surface area contributed by atoms with E-state index in [0.29, 0.717) is 49.7 Å². The second-order valence-electron chi connectivity index (χ2n) is 4.06. The number of carbonyl (C=O) groups excluding carboxylic acids is 1. The summed E-state index contributed by atoms with van der Waals surface area (Å²) in [5, 5.41) is 0. The third-order valence-corrected chi connectivity index (χ3v) is 3.15. The zero-order chi connectivity index (χ0) is 14.8. The van der Waals surface area contributed by atoms with E-state index in [1.165, 1.54) is 0 Å². The highest BCUT2D eigenvalue weighted by atomic mass is 79.9. The maximum absolute atomic E-state index is 12.4. The van der Waals surface area contributed by atoms with Crippen LogP contribution in [0.15, 0.2) is 22.9 Å². The van der Waals surface area contributed by atoms with Gasteiger partial charge in [0.25, 0.3) is 5.91 Å². The van der Waals surface area contributed by atoms with Gasteiger partial charge < -0.3 is 14.4 Å². The molecule has 1 rings (SSSR count). The van der Waals surface area contributed by atoms with Crippen LogP contribution in [0.25, 0.3) is 0 Å². The van der Waals surface area contributed by atoms with Crippen LogP contribution < -0.4 is 0 Å².